The molecule has 22 heavy (non-hydrogen) atoms. The molecule has 3 rings (SSSR count). The van der Waals surface area contributed by atoms with E-state index in [2.05, 4.69) is 55.3 Å². The van der Waals surface area contributed by atoms with E-state index in [0.717, 1.165) is 30.7 Å². The van der Waals surface area contributed by atoms with Gasteiger partial charge >= 0.3 is 6.03 Å². The highest BCUT2D eigenvalue weighted by Gasteiger charge is 2.22. The van der Waals surface area contributed by atoms with Crippen molar-refractivity contribution in [3.05, 3.63) is 35.5 Å². The third-order valence-electron chi connectivity index (χ3n) is 4.51. The number of nitrogens with zero attached hydrogens (tertiary/aromatic N) is 1. The summed E-state index contributed by atoms with van der Waals surface area (Å²) in [7, 11) is 0. The van der Waals surface area contributed by atoms with Gasteiger partial charge in [0.2, 0.25) is 0 Å². The fourth-order valence-corrected chi connectivity index (χ4v) is 3.06. The Morgan fingerprint density at radius 3 is 2.91 bits per heavy atom. The Morgan fingerprint density at radius 2 is 2.23 bits per heavy atom. The molecule has 1 aliphatic heterocycles. The number of benzene rings is 1. The van der Waals surface area contributed by atoms with E-state index in [4.69, 9.17) is 0 Å². The van der Waals surface area contributed by atoms with Crippen LogP contribution in [0.25, 0.3) is 10.9 Å². The molecule has 1 atom stereocenters. The minimum Gasteiger partial charge on any atom is -0.357 e. The minimum absolute atomic E-state index is 0.0471. The highest BCUT2D eigenvalue weighted by atomic mass is 16.2. The summed E-state index contributed by atoms with van der Waals surface area (Å²) in [6.45, 7) is 8.88. The van der Waals surface area contributed by atoms with Crippen LogP contribution in [0.5, 0.6) is 0 Å². The normalized spacial score (nSPS) is 18.4. The van der Waals surface area contributed by atoms with Crippen LogP contribution in [0.1, 0.15) is 44.4 Å². The van der Waals surface area contributed by atoms with Crippen LogP contribution in [0.2, 0.25) is 0 Å². The van der Waals surface area contributed by atoms with E-state index < -0.39 is 0 Å². The zero-order chi connectivity index (χ0) is 15.7. The number of likely N-dealkylation sites (tertiary alicyclic amines) is 1. The summed E-state index contributed by atoms with van der Waals surface area (Å²) in [6.07, 6.45) is 1.11. The number of fused-ring (bicyclic) bond motifs is 1. The van der Waals surface area contributed by atoms with E-state index in [1.54, 1.807) is 0 Å². The van der Waals surface area contributed by atoms with Gasteiger partial charge in [0.1, 0.15) is 0 Å². The van der Waals surface area contributed by atoms with Crippen LogP contribution >= 0.6 is 0 Å². The van der Waals surface area contributed by atoms with E-state index in [1.807, 2.05) is 4.90 Å². The maximum atomic E-state index is 12.1. The number of nitrogens with one attached hydrogen (secondary N) is 2. The number of carbonyl (C=O) groups excluding carboxylic acids is 1. The Labute approximate surface area is 131 Å². The number of urea groups is 1. The van der Waals surface area contributed by atoms with Gasteiger partial charge < -0.3 is 15.2 Å². The lowest BCUT2D eigenvalue weighted by Gasteiger charge is -2.16. The molecule has 1 aliphatic rings. The number of rotatable bonds is 3. The molecule has 2 aromatic rings. The molecule has 4 nitrogen and oxygen atoms in total. The van der Waals surface area contributed by atoms with Gasteiger partial charge in [0.25, 0.3) is 0 Å². The zero-order valence-corrected chi connectivity index (χ0v) is 13.6. The van der Waals surface area contributed by atoms with Crippen LogP contribution in [-0.2, 0) is 6.54 Å². The number of hydrogen-bond donors (Lipinski definition) is 2. The Balaban J connectivity index is 1.65. The monoisotopic (exact) mass is 299 g/mol. The van der Waals surface area contributed by atoms with Crippen molar-refractivity contribution in [3.63, 3.8) is 0 Å². The third kappa shape index (κ3) is 3.11. The quantitative estimate of drug-likeness (QED) is 0.888. The van der Waals surface area contributed by atoms with E-state index in [9.17, 15) is 4.79 Å². The van der Waals surface area contributed by atoms with Gasteiger partial charge in [0.05, 0.1) is 6.54 Å². The molecular formula is C18H25N3O. The van der Waals surface area contributed by atoms with Gasteiger partial charge in [0.15, 0.2) is 0 Å². The number of amides is 2. The molecule has 0 aliphatic carbocycles. The molecule has 1 fully saturated rings. The molecule has 1 aromatic carbocycles. The highest BCUT2D eigenvalue weighted by Crippen LogP contribution is 2.22. The number of carbonyl (C=O) groups is 1. The van der Waals surface area contributed by atoms with Crippen molar-refractivity contribution in [1.82, 2.24) is 15.2 Å². The minimum atomic E-state index is 0.0471. The number of H-pyrrole nitrogens is 1. The van der Waals surface area contributed by atoms with Crippen LogP contribution in [0.3, 0.4) is 0 Å². The lowest BCUT2D eigenvalue weighted by molar-refractivity contribution is 0.207. The van der Waals surface area contributed by atoms with Crippen molar-refractivity contribution in [1.29, 1.82) is 0 Å². The molecule has 0 saturated carbocycles. The van der Waals surface area contributed by atoms with Gasteiger partial charge in [-0.3, -0.25) is 0 Å². The second kappa shape index (κ2) is 6.03. The molecule has 0 bridgehead atoms. The highest BCUT2D eigenvalue weighted by molar-refractivity contribution is 5.81. The number of aromatic amines is 1. The average molecular weight is 299 g/mol. The van der Waals surface area contributed by atoms with Crippen LogP contribution < -0.4 is 5.32 Å². The zero-order valence-electron chi connectivity index (χ0n) is 13.6. The Bertz CT molecular complexity index is 674. The summed E-state index contributed by atoms with van der Waals surface area (Å²) in [6, 6.07) is 8.69. The molecule has 0 radical (unpaired) electrons. The van der Waals surface area contributed by atoms with Crippen molar-refractivity contribution < 1.29 is 4.79 Å². The largest absolute Gasteiger partial charge is 0.357 e. The van der Waals surface area contributed by atoms with E-state index in [-0.39, 0.29) is 6.03 Å². The summed E-state index contributed by atoms with van der Waals surface area (Å²) in [5.41, 5.74) is 3.53. The SMILES string of the molecule is CC1CCN(C(=O)NCc2cc3ccc(C(C)C)cc3[nH]2)C1. The van der Waals surface area contributed by atoms with Crippen LogP contribution in [0.4, 0.5) is 4.79 Å². The number of hydrogen-bond acceptors (Lipinski definition) is 1. The van der Waals surface area contributed by atoms with Gasteiger partial charge in [0, 0.05) is 24.3 Å². The van der Waals surface area contributed by atoms with Crippen molar-refractivity contribution in [2.75, 3.05) is 13.1 Å². The van der Waals surface area contributed by atoms with Crippen LogP contribution in [0.15, 0.2) is 24.3 Å². The molecule has 118 valence electrons. The van der Waals surface area contributed by atoms with Gasteiger partial charge in [-0.15, -0.1) is 0 Å². The fraction of sp³-hybridized carbons (Fsp3) is 0.500. The molecule has 1 aromatic heterocycles. The molecule has 1 unspecified atom stereocenters. The van der Waals surface area contributed by atoms with E-state index in [1.165, 1.54) is 10.9 Å². The summed E-state index contributed by atoms with van der Waals surface area (Å²) in [5.74, 6) is 1.14. The molecule has 2 amide bonds. The lowest BCUT2D eigenvalue weighted by atomic mass is 10.0. The molecule has 2 N–H and O–H groups in total. The first-order chi connectivity index (χ1) is 10.5. The fourth-order valence-electron chi connectivity index (χ4n) is 3.06. The van der Waals surface area contributed by atoms with Crippen molar-refractivity contribution in [3.8, 4) is 0 Å². The molecule has 4 heteroatoms. The van der Waals surface area contributed by atoms with Crippen LogP contribution in [-0.4, -0.2) is 29.0 Å². The van der Waals surface area contributed by atoms with Gasteiger partial charge in [-0.05, 0) is 41.3 Å². The smallest absolute Gasteiger partial charge is 0.317 e. The van der Waals surface area contributed by atoms with Crippen LogP contribution in [0, 0.1) is 5.92 Å². The van der Waals surface area contributed by atoms with E-state index >= 15 is 0 Å². The van der Waals surface area contributed by atoms with E-state index in [0.29, 0.717) is 18.4 Å². The Hall–Kier alpha value is -1.97. The summed E-state index contributed by atoms with van der Waals surface area (Å²) in [5, 5.41) is 4.21. The van der Waals surface area contributed by atoms with Crippen molar-refractivity contribution in [2.45, 2.75) is 39.7 Å². The second-order valence-corrected chi connectivity index (χ2v) is 6.79. The maximum absolute atomic E-state index is 12.1. The first-order valence-corrected chi connectivity index (χ1v) is 8.17. The Kier molecular flexibility index (Phi) is 4.10. The Morgan fingerprint density at radius 1 is 1.41 bits per heavy atom. The summed E-state index contributed by atoms with van der Waals surface area (Å²) >= 11 is 0. The standard InChI is InChI=1S/C18H25N3O/c1-12(2)14-4-5-15-8-16(20-17(15)9-14)10-19-18(22)21-7-6-13(3)11-21/h4-5,8-9,12-13,20H,6-7,10-11H2,1-3H3,(H,19,22). The average Bonchev–Trinajstić information content (AvgIpc) is 3.09. The topological polar surface area (TPSA) is 48.1 Å². The summed E-state index contributed by atoms with van der Waals surface area (Å²) in [4.78, 5) is 17.4. The van der Waals surface area contributed by atoms with Crippen molar-refractivity contribution in [2.24, 2.45) is 5.92 Å². The second-order valence-electron chi connectivity index (χ2n) is 6.79. The maximum Gasteiger partial charge on any atom is 0.317 e. The molecule has 0 spiro atoms. The predicted octanol–water partition coefficient (Wildman–Crippen LogP) is 3.84. The first kappa shape index (κ1) is 14.9. The van der Waals surface area contributed by atoms with Gasteiger partial charge in [-0.25, -0.2) is 4.79 Å². The van der Waals surface area contributed by atoms with Crippen molar-refractivity contribution >= 4 is 16.9 Å². The summed E-state index contributed by atoms with van der Waals surface area (Å²) < 4.78 is 0. The van der Waals surface area contributed by atoms with Gasteiger partial charge in [-0.1, -0.05) is 32.9 Å². The number of aromatic nitrogens is 1. The van der Waals surface area contributed by atoms with Gasteiger partial charge in [-0.2, -0.15) is 0 Å². The lowest BCUT2D eigenvalue weighted by Crippen LogP contribution is -2.38. The first-order valence-electron chi connectivity index (χ1n) is 8.17. The predicted molar refractivity (Wildman–Crippen MR) is 90.0 cm³/mol. The third-order valence-corrected chi connectivity index (χ3v) is 4.51. The molecule has 1 saturated heterocycles. The molecule has 2 heterocycles. The molecular weight excluding hydrogens is 274 g/mol.